The summed E-state index contributed by atoms with van der Waals surface area (Å²) in [5.41, 5.74) is 17.5. The number of nitrogens with zero attached hydrogens (tertiary/aromatic N) is 2. The molecule has 0 bridgehead atoms. The van der Waals surface area contributed by atoms with E-state index in [1.54, 1.807) is 0 Å². The molecule has 0 fully saturated rings. The maximum Gasteiger partial charge on any atom is 0.161 e. The second-order valence-electron chi connectivity index (χ2n) is 16.2. The van der Waals surface area contributed by atoms with E-state index in [2.05, 4.69) is 214 Å². The van der Waals surface area contributed by atoms with E-state index in [4.69, 9.17) is 9.97 Å². The van der Waals surface area contributed by atoms with Crippen molar-refractivity contribution in [2.45, 2.75) is 19.3 Å². The van der Waals surface area contributed by atoms with Gasteiger partial charge in [0, 0.05) is 22.1 Å². The molecule has 1 aromatic heterocycles. The lowest BCUT2D eigenvalue weighted by Crippen LogP contribution is -2.15. The van der Waals surface area contributed by atoms with Gasteiger partial charge < -0.3 is 0 Å². The van der Waals surface area contributed by atoms with Crippen molar-refractivity contribution >= 4 is 21.5 Å². The van der Waals surface area contributed by atoms with Crippen molar-refractivity contribution in [2.75, 3.05) is 0 Å². The van der Waals surface area contributed by atoms with E-state index < -0.39 is 0 Å². The smallest absolute Gasteiger partial charge is 0.161 e. The molecule has 0 saturated carbocycles. The second kappa shape index (κ2) is 13.9. The van der Waals surface area contributed by atoms with Crippen molar-refractivity contribution in [1.82, 2.24) is 9.97 Å². The molecule has 0 radical (unpaired) electrons. The van der Waals surface area contributed by atoms with Gasteiger partial charge in [0.1, 0.15) is 0 Å². The van der Waals surface area contributed by atoms with Gasteiger partial charge in [-0.15, -0.1) is 0 Å². The molecule has 0 atom stereocenters. The summed E-state index contributed by atoms with van der Waals surface area (Å²) in [5, 5.41) is 4.94. The lowest BCUT2D eigenvalue weighted by Gasteiger charge is -2.23. The highest BCUT2D eigenvalue weighted by molar-refractivity contribution is 6.04. The molecule has 1 heterocycles. The topological polar surface area (TPSA) is 25.8 Å². The molecular weight excluding hydrogens is 713 g/mol. The molecule has 1 aliphatic rings. The van der Waals surface area contributed by atoms with E-state index in [0.717, 1.165) is 39.0 Å². The van der Waals surface area contributed by atoms with E-state index in [1.165, 1.54) is 66.2 Å². The van der Waals surface area contributed by atoms with Crippen LogP contribution in [0.25, 0.3) is 100.0 Å². The first-order chi connectivity index (χ1) is 29.0. The summed E-state index contributed by atoms with van der Waals surface area (Å²) in [6.45, 7) is 4.75. The second-order valence-corrected chi connectivity index (χ2v) is 16.2. The fourth-order valence-corrected chi connectivity index (χ4v) is 9.33. The summed E-state index contributed by atoms with van der Waals surface area (Å²) in [7, 11) is 0. The highest BCUT2D eigenvalue weighted by atomic mass is 14.9. The minimum atomic E-state index is -0.0978. The van der Waals surface area contributed by atoms with Crippen LogP contribution in [-0.4, -0.2) is 9.97 Å². The summed E-state index contributed by atoms with van der Waals surface area (Å²) in [5.74, 6) is 0.708. The highest BCUT2D eigenvalue weighted by Crippen LogP contribution is 2.52. The molecule has 0 amide bonds. The lowest BCUT2D eigenvalue weighted by atomic mass is 9.79. The van der Waals surface area contributed by atoms with Crippen molar-refractivity contribution in [3.8, 4) is 78.4 Å². The molecule has 278 valence electrons. The highest BCUT2D eigenvalue weighted by Gasteiger charge is 2.37. The summed E-state index contributed by atoms with van der Waals surface area (Å²) >= 11 is 0. The number of hydrogen-bond acceptors (Lipinski definition) is 2. The minimum absolute atomic E-state index is 0.0978. The van der Waals surface area contributed by atoms with Crippen LogP contribution in [0.4, 0.5) is 0 Å². The monoisotopic (exact) mass is 752 g/mol. The van der Waals surface area contributed by atoms with Gasteiger partial charge in [-0.05, 0) is 101 Å². The van der Waals surface area contributed by atoms with Crippen molar-refractivity contribution < 1.29 is 0 Å². The Morgan fingerprint density at radius 1 is 0.322 bits per heavy atom. The first-order valence-electron chi connectivity index (χ1n) is 20.4. The van der Waals surface area contributed by atoms with Crippen LogP contribution >= 0.6 is 0 Å². The fourth-order valence-electron chi connectivity index (χ4n) is 9.33. The Morgan fingerprint density at radius 2 is 0.831 bits per heavy atom. The standard InChI is InChI=1S/C57H40N2/c1-57(2)52-35-43(29-30-49(52)50-31-28-39-16-9-10-21-46(39)55(50)57)38-24-26-40(27-25-38)45-32-33-51(48-23-12-11-22-47(45)48)56-58-53(41-17-7-4-8-18-41)36-54(59-56)44-20-13-19-42(34-44)37-14-5-3-6-15-37/h3-36H,1-2H3. The van der Waals surface area contributed by atoms with Crippen LogP contribution in [0.15, 0.2) is 206 Å². The first kappa shape index (κ1) is 34.8. The van der Waals surface area contributed by atoms with Gasteiger partial charge in [0.25, 0.3) is 0 Å². The minimum Gasteiger partial charge on any atom is -0.228 e. The summed E-state index contributed by atoms with van der Waals surface area (Å²) in [6, 6.07) is 74.2. The van der Waals surface area contributed by atoms with Crippen molar-refractivity contribution in [1.29, 1.82) is 0 Å². The predicted molar refractivity (Wildman–Crippen MR) is 247 cm³/mol. The fraction of sp³-hybridized carbons (Fsp3) is 0.0526. The van der Waals surface area contributed by atoms with Gasteiger partial charge in [0.2, 0.25) is 0 Å². The SMILES string of the molecule is CC1(C)c2cc(-c3ccc(-c4ccc(-c5nc(-c6ccccc6)cc(-c6cccc(-c7ccccc7)c6)n5)c5ccccc45)cc3)ccc2-c2ccc3ccccc3c21. The molecule has 0 N–H and O–H groups in total. The lowest BCUT2D eigenvalue weighted by molar-refractivity contribution is 0.666. The van der Waals surface area contributed by atoms with Crippen molar-refractivity contribution in [2.24, 2.45) is 0 Å². The van der Waals surface area contributed by atoms with Crippen LogP contribution < -0.4 is 0 Å². The molecule has 11 rings (SSSR count). The van der Waals surface area contributed by atoms with Gasteiger partial charge in [-0.1, -0.05) is 196 Å². The van der Waals surface area contributed by atoms with E-state index in [0.29, 0.717) is 5.82 Å². The number of aromatic nitrogens is 2. The Labute approximate surface area is 345 Å². The number of fused-ring (bicyclic) bond motifs is 6. The zero-order valence-corrected chi connectivity index (χ0v) is 33.0. The molecule has 9 aromatic carbocycles. The molecular formula is C57H40N2. The van der Waals surface area contributed by atoms with Crippen LogP contribution in [0.5, 0.6) is 0 Å². The van der Waals surface area contributed by atoms with E-state index in [1.807, 2.05) is 6.07 Å². The zero-order valence-electron chi connectivity index (χ0n) is 33.0. The first-order valence-corrected chi connectivity index (χ1v) is 20.4. The van der Waals surface area contributed by atoms with E-state index in [-0.39, 0.29) is 5.41 Å². The van der Waals surface area contributed by atoms with Gasteiger partial charge in [-0.2, -0.15) is 0 Å². The predicted octanol–water partition coefficient (Wildman–Crippen LogP) is 15.1. The van der Waals surface area contributed by atoms with E-state index in [9.17, 15) is 0 Å². The zero-order chi connectivity index (χ0) is 39.5. The molecule has 0 unspecified atom stereocenters. The average Bonchev–Trinajstić information content (AvgIpc) is 3.54. The third kappa shape index (κ3) is 5.96. The van der Waals surface area contributed by atoms with Crippen LogP contribution in [0, 0.1) is 0 Å². The molecule has 2 nitrogen and oxygen atoms in total. The molecule has 2 heteroatoms. The Morgan fingerprint density at radius 3 is 1.59 bits per heavy atom. The van der Waals surface area contributed by atoms with Gasteiger partial charge in [0.05, 0.1) is 11.4 Å². The largest absolute Gasteiger partial charge is 0.228 e. The normalized spacial score (nSPS) is 12.7. The van der Waals surface area contributed by atoms with Crippen molar-refractivity contribution in [3.63, 3.8) is 0 Å². The number of rotatable bonds is 6. The summed E-state index contributed by atoms with van der Waals surface area (Å²) < 4.78 is 0. The van der Waals surface area contributed by atoms with Gasteiger partial charge >= 0.3 is 0 Å². The van der Waals surface area contributed by atoms with Crippen LogP contribution in [0.3, 0.4) is 0 Å². The third-order valence-electron chi connectivity index (χ3n) is 12.3. The summed E-state index contributed by atoms with van der Waals surface area (Å²) in [6.07, 6.45) is 0. The van der Waals surface area contributed by atoms with Crippen LogP contribution in [0.2, 0.25) is 0 Å². The van der Waals surface area contributed by atoms with Crippen LogP contribution in [0.1, 0.15) is 25.0 Å². The number of benzene rings is 9. The Balaban J connectivity index is 0.970. The van der Waals surface area contributed by atoms with Crippen molar-refractivity contribution in [3.05, 3.63) is 217 Å². The number of hydrogen-bond donors (Lipinski definition) is 0. The molecule has 10 aromatic rings. The van der Waals surface area contributed by atoms with Gasteiger partial charge in [0.15, 0.2) is 5.82 Å². The Bertz CT molecular complexity index is 3220. The molecule has 59 heavy (non-hydrogen) atoms. The third-order valence-corrected chi connectivity index (χ3v) is 12.3. The maximum atomic E-state index is 5.28. The molecule has 0 aliphatic heterocycles. The average molecular weight is 753 g/mol. The molecule has 1 aliphatic carbocycles. The molecule has 0 spiro atoms. The molecule has 0 saturated heterocycles. The Kier molecular flexibility index (Phi) is 8.20. The van der Waals surface area contributed by atoms with Crippen LogP contribution in [-0.2, 0) is 5.41 Å². The maximum absolute atomic E-state index is 5.28. The quantitative estimate of drug-likeness (QED) is 0.169. The summed E-state index contributed by atoms with van der Waals surface area (Å²) in [4.78, 5) is 10.5. The Hall–Kier alpha value is -7.42. The van der Waals surface area contributed by atoms with E-state index >= 15 is 0 Å². The van der Waals surface area contributed by atoms with Gasteiger partial charge in [-0.3, -0.25) is 0 Å². The van der Waals surface area contributed by atoms with Gasteiger partial charge in [-0.25, -0.2) is 9.97 Å².